The van der Waals surface area contributed by atoms with Gasteiger partial charge in [0.15, 0.2) is 0 Å². The van der Waals surface area contributed by atoms with Crippen LogP contribution in [-0.4, -0.2) is 35.0 Å². The van der Waals surface area contributed by atoms with Crippen LogP contribution < -0.4 is 5.73 Å². The Balaban J connectivity index is 2.02. The van der Waals surface area contributed by atoms with Gasteiger partial charge in [-0.2, -0.15) is 11.8 Å². The van der Waals surface area contributed by atoms with E-state index in [2.05, 4.69) is 53.9 Å². The Kier molecular flexibility index (Phi) is 4.89. The number of hydrogen-bond donors (Lipinski definition) is 1. The second kappa shape index (κ2) is 6.43. The van der Waals surface area contributed by atoms with Gasteiger partial charge in [0.2, 0.25) is 0 Å². The summed E-state index contributed by atoms with van der Waals surface area (Å²) in [5.74, 6) is 1.29. The minimum Gasteiger partial charge on any atom is -0.329 e. The summed E-state index contributed by atoms with van der Waals surface area (Å²) >= 11 is 2.09. The van der Waals surface area contributed by atoms with Crippen molar-refractivity contribution in [1.29, 1.82) is 0 Å². The van der Waals surface area contributed by atoms with E-state index in [1.54, 1.807) is 0 Å². The summed E-state index contributed by atoms with van der Waals surface area (Å²) in [6, 6.07) is 11.4. The first kappa shape index (κ1) is 12.9. The van der Waals surface area contributed by atoms with Crippen LogP contribution in [0.5, 0.6) is 0 Å². The fraction of sp³-hybridized carbons (Fsp3) is 0.571. The molecule has 1 aromatic carbocycles. The molecule has 0 spiro atoms. The van der Waals surface area contributed by atoms with Crippen molar-refractivity contribution in [2.24, 2.45) is 5.73 Å². The number of nitrogens with two attached hydrogens (primary N) is 1. The van der Waals surface area contributed by atoms with Crippen molar-refractivity contribution in [3.63, 3.8) is 0 Å². The average Bonchev–Trinajstić information content (AvgIpc) is 2.76. The molecule has 0 radical (unpaired) electrons. The molecule has 2 nitrogen and oxygen atoms in total. The highest BCUT2D eigenvalue weighted by atomic mass is 32.2. The van der Waals surface area contributed by atoms with Crippen molar-refractivity contribution in [2.75, 3.05) is 18.8 Å². The summed E-state index contributed by atoms with van der Waals surface area (Å²) in [7, 11) is 0. The fourth-order valence-electron chi connectivity index (χ4n) is 2.55. The van der Waals surface area contributed by atoms with E-state index in [-0.39, 0.29) is 0 Å². The molecule has 2 unspecified atom stereocenters. The summed E-state index contributed by atoms with van der Waals surface area (Å²) in [5, 5.41) is 0.741. The third-order valence-corrected chi connectivity index (χ3v) is 4.76. The second-order valence-electron chi connectivity index (χ2n) is 4.68. The van der Waals surface area contributed by atoms with Crippen molar-refractivity contribution in [2.45, 2.75) is 31.2 Å². The zero-order valence-electron chi connectivity index (χ0n) is 10.5. The van der Waals surface area contributed by atoms with Crippen LogP contribution in [0.4, 0.5) is 0 Å². The van der Waals surface area contributed by atoms with Crippen molar-refractivity contribution in [3.8, 4) is 0 Å². The molecular weight excluding hydrogens is 228 g/mol. The molecule has 0 aromatic heterocycles. The first-order valence-corrected chi connectivity index (χ1v) is 7.46. The quantitative estimate of drug-likeness (QED) is 0.870. The maximum absolute atomic E-state index is 5.75. The van der Waals surface area contributed by atoms with Gasteiger partial charge >= 0.3 is 0 Å². The first-order valence-electron chi connectivity index (χ1n) is 6.41. The lowest BCUT2D eigenvalue weighted by Gasteiger charge is -2.31. The van der Waals surface area contributed by atoms with Crippen LogP contribution in [0, 0.1) is 0 Å². The molecule has 2 atom stereocenters. The zero-order valence-corrected chi connectivity index (χ0v) is 11.3. The van der Waals surface area contributed by atoms with E-state index in [0.29, 0.717) is 6.04 Å². The normalized spacial score (nSPS) is 24.4. The average molecular weight is 250 g/mol. The van der Waals surface area contributed by atoms with Gasteiger partial charge in [0, 0.05) is 30.9 Å². The van der Waals surface area contributed by atoms with E-state index in [0.717, 1.165) is 24.9 Å². The Morgan fingerprint density at radius 2 is 2.12 bits per heavy atom. The van der Waals surface area contributed by atoms with Crippen LogP contribution in [0.15, 0.2) is 30.3 Å². The third-order valence-electron chi connectivity index (χ3n) is 3.45. The summed E-state index contributed by atoms with van der Waals surface area (Å²) < 4.78 is 0. The lowest BCUT2D eigenvalue weighted by atomic mass is 10.1. The molecular formula is C14H22N2S. The van der Waals surface area contributed by atoms with Gasteiger partial charge in [0.1, 0.15) is 0 Å². The molecule has 3 heteroatoms. The molecule has 17 heavy (non-hydrogen) atoms. The van der Waals surface area contributed by atoms with E-state index in [4.69, 9.17) is 5.73 Å². The van der Waals surface area contributed by atoms with Crippen molar-refractivity contribution >= 4 is 11.8 Å². The molecule has 1 fully saturated rings. The van der Waals surface area contributed by atoms with Crippen LogP contribution in [0.1, 0.15) is 18.9 Å². The summed E-state index contributed by atoms with van der Waals surface area (Å²) in [4.78, 5) is 2.56. The summed E-state index contributed by atoms with van der Waals surface area (Å²) in [5.41, 5.74) is 7.14. The van der Waals surface area contributed by atoms with Crippen molar-refractivity contribution < 1.29 is 0 Å². The SMILES string of the molecule is CC1SCCC1N(CCN)Cc1ccccc1. The van der Waals surface area contributed by atoms with Crippen molar-refractivity contribution in [3.05, 3.63) is 35.9 Å². The lowest BCUT2D eigenvalue weighted by molar-refractivity contribution is 0.193. The number of thioether (sulfide) groups is 1. The molecule has 1 aliphatic heterocycles. The Hall–Kier alpha value is -0.510. The predicted octanol–water partition coefficient (Wildman–Crippen LogP) is 2.34. The zero-order chi connectivity index (χ0) is 12.1. The van der Waals surface area contributed by atoms with Gasteiger partial charge < -0.3 is 5.73 Å². The maximum Gasteiger partial charge on any atom is 0.0237 e. The smallest absolute Gasteiger partial charge is 0.0237 e. The number of benzene rings is 1. The lowest BCUT2D eigenvalue weighted by Crippen LogP contribution is -2.41. The van der Waals surface area contributed by atoms with Gasteiger partial charge in [-0.3, -0.25) is 4.90 Å². The molecule has 1 aliphatic rings. The van der Waals surface area contributed by atoms with E-state index >= 15 is 0 Å². The van der Waals surface area contributed by atoms with Crippen molar-refractivity contribution in [1.82, 2.24) is 4.90 Å². The van der Waals surface area contributed by atoms with Crippen LogP contribution >= 0.6 is 11.8 Å². The molecule has 2 N–H and O–H groups in total. The Morgan fingerprint density at radius 1 is 1.35 bits per heavy atom. The van der Waals surface area contributed by atoms with Gasteiger partial charge in [-0.15, -0.1) is 0 Å². The molecule has 0 bridgehead atoms. The molecule has 94 valence electrons. The highest BCUT2D eigenvalue weighted by molar-refractivity contribution is 8.00. The van der Waals surface area contributed by atoms with Crippen LogP contribution in [0.2, 0.25) is 0 Å². The number of hydrogen-bond acceptors (Lipinski definition) is 3. The molecule has 1 heterocycles. The highest BCUT2D eigenvalue weighted by Gasteiger charge is 2.29. The molecule has 2 rings (SSSR count). The van der Waals surface area contributed by atoms with E-state index in [9.17, 15) is 0 Å². The Morgan fingerprint density at radius 3 is 2.71 bits per heavy atom. The summed E-state index contributed by atoms with van der Waals surface area (Å²) in [6.45, 7) is 5.13. The molecule has 1 saturated heterocycles. The largest absolute Gasteiger partial charge is 0.329 e. The summed E-state index contributed by atoms with van der Waals surface area (Å²) in [6.07, 6.45) is 1.30. The van der Waals surface area contributed by atoms with Gasteiger partial charge in [0.25, 0.3) is 0 Å². The van der Waals surface area contributed by atoms with Crippen LogP contribution in [0.25, 0.3) is 0 Å². The van der Waals surface area contributed by atoms with Gasteiger partial charge in [0.05, 0.1) is 0 Å². The van der Waals surface area contributed by atoms with Crippen LogP contribution in [-0.2, 0) is 6.54 Å². The first-order chi connectivity index (χ1) is 8.31. The third kappa shape index (κ3) is 3.47. The highest BCUT2D eigenvalue weighted by Crippen LogP contribution is 2.30. The fourth-order valence-corrected chi connectivity index (χ4v) is 3.83. The monoisotopic (exact) mass is 250 g/mol. The number of rotatable bonds is 5. The molecule has 1 aromatic rings. The molecule has 0 saturated carbocycles. The van der Waals surface area contributed by atoms with Gasteiger partial charge in [-0.1, -0.05) is 37.3 Å². The van der Waals surface area contributed by atoms with E-state index < -0.39 is 0 Å². The predicted molar refractivity (Wildman–Crippen MR) is 76.2 cm³/mol. The standard InChI is InChI=1S/C14H22N2S/c1-12-14(7-10-17-12)16(9-8-15)11-13-5-3-2-4-6-13/h2-6,12,14H,7-11,15H2,1H3. The minimum atomic E-state index is 0.698. The molecule has 0 amide bonds. The van der Waals surface area contributed by atoms with Gasteiger partial charge in [-0.25, -0.2) is 0 Å². The molecule has 0 aliphatic carbocycles. The van der Waals surface area contributed by atoms with E-state index in [1.807, 2.05) is 0 Å². The van der Waals surface area contributed by atoms with Gasteiger partial charge in [-0.05, 0) is 17.7 Å². The van der Waals surface area contributed by atoms with Crippen LogP contribution in [0.3, 0.4) is 0 Å². The Labute approximate surface area is 109 Å². The number of nitrogens with zero attached hydrogens (tertiary/aromatic N) is 1. The topological polar surface area (TPSA) is 29.3 Å². The van der Waals surface area contributed by atoms with E-state index in [1.165, 1.54) is 17.7 Å². The Bertz CT molecular complexity index is 328. The maximum atomic E-state index is 5.75. The minimum absolute atomic E-state index is 0.698. The second-order valence-corrected chi connectivity index (χ2v) is 6.16.